The quantitative estimate of drug-likeness (QED) is 0.378. The number of urea groups is 1. The van der Waals surface area contributed by atoms with Crippen LogP contribution in [0.2, 0.25) is 10.0 Å². The van der Waals surface area contributed by atoms with Gasteiger partial charge in [-0.1, -0.05) is 29.3 Å². The molecule has 0 atom stereocenters. The summed E-state index contributed by atoms with van der Waals surface area (Å²) in [4.78, 5) is 35.7. The van der Waals surface area contributed by atoms with Crippen LogP contribution in [-0.2, 0) is 0 Å². The maximum Gasteiger partial charge on any atom is 0.319 e. The van der Waals surface area contributed by atoms with Crippen LogP contribution >= 0.6 is 23.2 Å². The molecule has 0 aromatic heterocycles. The SMILES string of the molecule is C=CCNC(=O)c1ccc(NC(=O)NCCNC(=O)c2ccc(Cl)c(Cl)c2)cc1. The highest BCUT2D eigenvalue weighted by Gasteiger charge is 2.08. The molecule has 0 spiro atoms. The summed E-state index contributed by atoms with van der Waals surface area (Å²) in [6, 6.07) is 10.6. The Morgan fingerprint density at radius 3 is 2.10 bits per heavy atom. The van der Waals surface area contributed by atoms with Crippen LogP contribution in [0.1, 0.15) is 20.7 Å². The molecular weight excluding hydrogens is 415 g/mol. The molecule has 2 rings (SSSR count). The summed E-state index contributed by atoms with van der Waals surface area (Å²) >= 11 is 11.7. The van der Waals surface area contributed by atoms with Crippen molar-refractivity contribution in [3.8, 4) is 0 Å². The number of carbonyl (C=O) groups excluding carboxylic acids is 3. The number of anilines is 1. The Balaban J connectivity index is 1.72. The third-order valence-corrected chi connectivity index (χ3v) is 4.43. The zero-order valence-electron chi connectivity index (χ0n) is 15.4. The van der Waals surface area contributed by atoms with E-state index in [1.165, 1.54) is 6.07 Å². The Labute approximate surface area is 178 Å². The van der Waals surface area contributed by atoms with E-state index in [0.717, 1.165) is 0 Å². The number of amides is 4. The first-order chi connectivity index (χ1) is 13.9. The number of carbonyl (C=O) groups is 3. The van der Waals surface area contributed by atoms with Gasteiger partial charge >= 0.3 is 6.03 Å². The molecule has 2 aromatic carbocycles. The van der Waals surface area contributed by atoms with Crippen LogP contribution in [0.4, 0.5) is 10.5 Å². The zero-order chi connectivity index (χ0) is 21.2. The zero-order valence-corrected chi connectivity index (χ0v) is 16.9. The molecule has 0 aliphatic rings. The van der Waals surface area contributed by atoms with Gasteiger partial charge in [0.1, 0.15) is 0 Å². The second-order valence-corrected chi connectivity index (χ2v) is 6.66. The Hall–Kier alpha value is -3.03. The van der Waals surface area contributed by atoms with Gasteiger partial charge in [0.25, 0.3) is 11.8 Å². The molecule has 152 valence electrons. The summed E-state index contributed by atoms with van der Waals surface area (Å²) in [5.74, 6) is -0.547. The fraction of sp³-hybridized carbons (Fsp3) is 0.150. The Bertz CT molecular complexity index is 901. The van der Waals surface area contributed by atoms with Crippen molar-refractivity contribution in [1.82, 2.24) is 16.0 Å². The summed E-state index contributed by atoms with van der Waals surface area (Å²) in [7, 11) is 0. The highest BCUT2D eigenvalue weighted by Crippen LogP contribution is 2.22. The van der Waals surface area contributed by atoms with Crippen LogP contribution in [0.25, 0.3) is 0 Å². The van der Waals surface area contributed by atoms with Crippen LogP contribution in [0, 0.1) is 0 Å². The number of nitrogens with one attached hydrogen (secondary N) is 4. The summed E-state index contributed by atoms with van der Waals surface area (Å²) in [6.45, 7) is 4.36. The number of hydrogen-bond donors (Lipinski definition) is 4. The van der Waals surface area contributed by atoms with Crippen molar-refractivity contribution >= 4 is 46.7 Å². The molecule has 7 nitrogen and oxygen atoms in total. The fourth-order valence-corrected chi connectivity index (χ4v) is 2.54. The van der Waals surface area contributed by atoms with Gasteiger partial charge in [-0.2, -0.15) is 0 Å². The van der Waals surface area contributed by atoms with E-state index in [9.17, 15) is 14.4 Å². The van der Waals surface area contributed by atoms with Crippen LogP contribution < -0.4 is 21.3 Å². The smallest absolute Gasteiger partial charge is 0.319 e. The molecule has 2 aromatic rings. The van der Waals surface area contributed by atoms with Crippen molar-refractivity contribution in [1.29, 1.82) is 0 Å². The third kappa shape index (κ3) is 7.14. The Kier molecular flexibility index (Phi) is 8.51. The normalized spacial score (nSPS) is 10.0. The molecule has 0 aliphatic carbocycles. The average Bonchev–Trinajstić information content (AvgIpc) is 2.71. The van der Waals surface area contributed by atoms with Gasteiger partial charge in [0.15, 0.2) is 0 Å². The van der Waals surface area contributed by atoms with Crippen molar-refractivity contribution < 1.29 is 14.4 Å². The summed E-state index contributed by atoms with van der Waals surface area (Å²) in [5, 5.41) is 11.3. The third-order valence-electron chi connectivity index (χ3n) is 3.69. The molecule has 29 heavy (non-hydrogen) atoms. The van der Waals surface area contributed by atoms with Gasteiger partial charge in [-0.25, -0.2) is 4.79 Å². The molecule has 0 unspecified atom stereocenters. The summed E-state index contributed by atoms with van der Waals surface area (Å²) in [6.07, 6.45) is 1.59. The molecule has 0 saturated carbocycles. The van der Waals surface area contributed by atoms with E-state index < -0.39 is 6.03 Å². The van der Waals surface area contributed by atoms with E-state index in [2.05, 4.69) is 27.8 Å². The molecule has 4 N–H and O–H groups in total. The predicted molar refractivity (Wildman–Crippen MR) is 115 cm³/mol. The number of rotatable bonds is 8. The second kappa shape index (κ2) is 11.1. The van der Waals surface area contributed by atoms with E-state index in [-0.39, 0.29) is 24.9 Å². The van der Waals surface area contributed by atoms with Crippen molar-refractivity contribution in [3.63, 3.8) is 0 Å². The minimum absolute atomic E-state index is 0.223. The highest BCUT2D eigenvalue weighted by atomic mass is 35.5. The largest absolute Gasteiger partial charge is 0.350 e. The van der Waals surface area contributed by atoms with Gasteiger partial charge in [-0.15, -0.1) is 6.58 Å². The van der Waals surface area contributed by atoms with E-state index in [0.29, 0.717) is 33.4 Å². The topological polar surface area (TPSA) is 99.3 Å². The van der Waals surface area contributed by atoms with E-state index in [4.69, 9.17) is 23.2 Å². The van der Waals surface area contributed by atoms with E-state index in [1.807, 2.05) is 0 Å². The molecule has 0 radical (unpaired) electrons. The lowest BCUT2D eigenvalue weighted by molar-refractivity contribution is 0.0947. The summed E-state index contributed by atoms with van der Waals surface area (Å²) < 4.78 is 0. The standard InChI is InChI=1S/C20H20Cl2N4O3/c1-2-9-23-18(27)13-3-6-15(7-4-13)26-20(29)25-11-10-24-19(28)14-5-8-16(21)17(22)12-14/h2-8,12H,1,9-11H2,(H,23,27)(H,24,28)(H2,25,26,29). The van der Waals surface area contributed by atoms with Gasteiger partial charge in [-0.3, -0.25) is 9.59 Å². The molecule has 0 aliphatic heterocycles. The van der Waals surface area contributed by atoms with Crippen molar-refractivity contribution in [2.24, 2.45) is 0 Å². The lowest BCUT2D eigenvalue weighted by atomic mass is 10.2. The molecular formula is C20H20Cl2N4O3. The van der Waals surface area contributed by atoms with E-state index in [1.54, 1.807) is 42.5 Å². The Morgan fingerprint density at radius 1 is 0.828 bits per heavy atom. The molecule has 0 saturated heterocycles. The van der Waals surface area contributed by atoms with Crippen molar-refractivity contribution in [2.75, 3.05) is 25.0 Å². The van der Waals surface area contributed by atoms with Crippen LogP contribution in [0.15, 0.2) is 55.1 Å². The average molecular weight is 435 g/mol. The summed E-state index contributed by atoms with van der Waals surface area (Å²) in [5.41, 5.74) is 1.38. The number of halogens is 2. The fourth-order valence-electron chi connectivity index (χ4n) is 2.24. The first-order valence-electron chi connectivity index (χ1n) is 8.68. The molecule has 0 bridgehead atoms. The maximum absolute atomic E-state index is 12.0. The predicted octanol–water partition coefficient (Wildman–Crippen LogP) is 3.46. The monoisotopic (exact) mass is 434 g/mol. The second-order valence-electron chi connectivity index (χ2n) is 5.84. The number of benzene rings is 2. The van der Waals surface area contributed by atoms with Crippen molar-refractivity contribution in [3.05, 3.63) is 76.3 Å². The van der Waals surface area contributed by atoms with Crippen LogP contribution in [0.5, 0.6) is 0 Å². The molecule has 0 fully saturated rings. The first-order valence-corrected chi connectivity index (χ1v) is 9.43. The van der Waals surface area contributed by atoms with Gasteiger partial charge in [0.05, 0.1) is 10.0 Å². The van der Waals surface area contributed by atoms with Gasteiger partial charge in [0.2, 0.25) is 0 Å². The van der Waals surface area contributed by atoms with Crippen LogP contribution in [0.3, 0.4) is 0 Å². The molecule has 4 amide bonds. The van der Waals surface area contributed by atoms with Gasteiger partial charge < -0.3 is 21.3 Å². The highest BCUT2D eigenvalue weighted by molar-refractivity contribution is 6.42. The lowest BCUT2D eigenvalue weighted by Gasteiger charge is -2.10. The molecule has 0 heterocycles. The van der Waals surface area contributed by atoms with E-state index >= 15 is 0 Å². The van der Waals surface area contributed by atoms with Gasteiger partial charge in [-0.05, 0) is 42.5 Å². The first kappa shape index (κ1) is 22.3. The minimum atomic E-state index is -0.433. The van der Waals surface area contributed by atoms with Crippen molar-refractivity contribution in [2.45, 2.75) is 0 Å². The van der Waals surface area contributed by atoms with Crippen LogP contribution in [-0.4, -0.2) is 37.5 Å². The van der Waals surface area contributed by atoms with Gasteiger partial charge in [0, 0.05) is 36.4 Å². The Morgan fingerprint density at radius 2 is 1.45 bits per heavy atom. The maximum atomic E-state index is 12.0. The minimum Gasteiger partial charge on any atom is -0.350 e. The molecule has 9 heteroatoms. The number of hydrogen-bond acceptors (Lipinski definition) is 3. The lowest BCUT2D eigenvalue weighted by Crippen LogP contribution is -2.36.